The number of rotatable bonds is 7. The molecule has 0 aliphatic carbocycles. The summed E-state index contributed by atoms with van der Waals surface area (Å²) in [4.78, 5) is 18.4. The number of para-hydroxylation sites is 2. The van der Waals surface area contributed by atoms with Crippen molar-refractivity contribution < 1.29 is 14.4 Å². The van der Waals surface area contributed by atoms with Crippen LogP contribution in [0.3, 0.4) is 0 Å². The quantitative estimate of drug-likeness (QED) is 0.753. The number of fused-ring (bicyclic) bond motifs is 1. The van der Waals surface area contributed by atoms with E-state index in [4.69, 9.17) is 15.3 Å². The van der Waals surface area contributed by atoms with Gasteiger partial charge in [-0.2, -0.15) is 0 Å². The third kappa shape index (κ3) is 4.29. The molecule has 0 radical (unpaired) electrons. The van der Waals surface area contributed by atoms with Gasteiger partial charge in [0, 0.05) is 13.5 Å². The lowest BCUT2D eigenvalue weighted by Crippen LogP contribution is -2.40. The monoisotopic (exact) mass is 341 g/mol. The van der Waals surface area contributed by atoms with Gasteiger partial charge in [0.2, 0.25) is 5.91 Å². The second-order valence-electron chi connectivity index (χ2n) is 6.00. The Morgan fingerprint density at radius 2 is 2.04 bits per heavy atom. The van der Waals surface area contributed by atoms with E-state index in [0.29, 0.717) is 13.1 Å². The molecular formula is C19H23N3O3. The average Bonchev–Trinajstić information content (AvgIpc) is 2.93. The van der Waals surface area contributed by atoms with Crippen LogP contribution < -0.4 is 20.9 Å². The Kier molecular flexibility index (Phi) is 5.53. The van der Waals surface area contributed by atoms with E-state index in [1.54, 1.807) is 0 Å². The van der Waals surface area contributed by atoms with E-state index in [1.165, 1.54) is 18.1 Å². The predicted molar refractivity (Wildman–Crippen MR) is 96.0 cm³/mol. The van der Waals surface area contributed by atoms with Crippen LogP contribution in [0.4, 0.5) is 5.69 Å². The molecule has 3 rings (SSSR count). The van der Waals surface area contributed by atoms with Gasteiger partial charge in [-0.1, -0.05) is 36.4 Å². The van der Waals surface area contributed by atoms with Crippen molar-refractivity contribution in [3.63, 3.8) is 0 Å². The Bertz CT molecular complexity index is 735. The highest BCUT2D eigenvalue weighted by molar-refractivity contribution is 5.71. The van der Waals surface area contributed by atoms with Crippen molar-refractivity contribution in [2.75, 3.05) is 18.1 Å². The zero-order valence-corrected chi connectivity index (χ0v) is 14.3. The first kappa shape index (κ1) is 17.3. The molecule has 1 aliphatic rings. The highest BCUT2D eigenvalue weighted by Gasteiger charge is 2.31. The van der Waals surface area contributed by atoms with Gasteiger partial charge < -0.3 is 15.4 Å². The summed E-state index contributed by atoms with van der Waals surface area (Å²) in [6, 6.07) is 16.3. The number of nitrogens with zero attached hydrogens (tertiary/aromatic N) is 1. The number of benzene rings is 2. The third-order valence-electron chi connectivity index (χ3n) is 4.00. The predicted octanol–water partition coefficient (Wildman–Crippen LogP) is 1.98. The number of hydrogen-bond donors (Lipinski definition) is 2. The van der Waals surface area contributed by atoms with E-state index < -0.39 is 0 Å². The molecule has 0 saturated heterocycles. The molecule has 1 amide bonds. The lowest BCUT2D eigenvalue weighted by atomic mass is 10.1. The first-order valence-corrected chi connectivity index (χ1v) is 8.36. The Hall–Kier alpha value is -2.57. The SMILES string of the molecule is CC(=O)NOCC1Oc2ccccc2N1Cc1cccc(CCN)c1. The molecule has 0 aromatic heterocycles. The van der Waals surface area contributed by atoms with Gasteiger partial charge >= 0.3 is 0 Å². The van der Waals surface area contributed by atoms with Gasteiger partial charge in [0.15, 0.2) is 6.23 Å². The number of carbonyl (C=O) groups is 1. The molecular weight excluding hydrogens is 318 g/mol. The van der Waals surface area contributed by atoms with E-state index >= 15 is 0 Å². The summed E-state index contributed by atoms with van der Waals surface area (Å²) in [7, 11) is 0. The van der Waals surface area contributed by atoms with E-state index in [9.17, 15) is 4.79 Å². The van der Waals surface area contributed by atoms with Crippen LogP contribution in [0.1, 0.15) is 18.1 Å². The molecule has 0 spiro atoms. The Balaban J connectivity index is 1.77. The summed E-state index contributed by atoms with van der Waals surface area (Å²) in [6.45, 7) is 2.96. The van der Waals surface area contributed by atoms with E-state index in [2.05, 4.69) is 28.6 Å². The van der Waals surface area contributed by atoms with Crippen LogP contribution in [0, 0.1) is 0 Å². The fraction of sp³-hybridized carbons (Fsp3) is 0.316. The summed E-state index contributed by atoms with van der Waals surface area (Å²) in [5.74, 6) is 0.577. The summed E-state index contributed by atoms with van der Waals surface area (Å²) in [5.41, 5.74) is 11.4. The van der Waals surface area contributed by atoms with Crippen LogP contribution in [-0.2, 0) is 22.6 Å². The number of ether oxygens (including phenoxy) is 1. The lowest BCUT2D eigenvalue weighted by Gasteiger charge is -2.25. The van der Waals surface area contributed by atoms with Crippen molar-refractivity contribution in [1.82, 2.24) is 5.48 Å². The lowest BCUT2D eigenvalue weighted by molar-refractivity contribution is -0.133. The summed E-state index contributed by atoms with van der Waals surface area (Å²) < 4.78 is 5.98. The van der Waals surface area contributed by atoms with Gasteiger partial charge in [0.1, 0.15) is 12.4 Å². The Labute approximate surface area is 147 Å². The van der Waals surface area contributed by atoms with Crippen molar-refractivity contribution in [3.8, 4) is 5.75 Å². The molecule has 1 unspecified atom stereocenters. The maximum atomic E-state index is 11.0. The van der Waals surface area contributed by atoms with Crippen LogP contribution >= 0.6 is 0 Å². The molecule has 132 valence electrons. The molecule has 0 saturated carbocycles. The number of hydroxylamine groups is 1. The van der Waals surface area contributed by atoms with Crippen molar-refractivity contribution in [1.29, 1.82) is 0 Å². The van der Waals surface area contributed by atoms with Crippen LogP contribution in [0.5, 0.6) is 5.75 Å². The molecule has 2 aromatic rings. The van der Waals surface area contributed by atoms with Crippen LogP contribution in [-0.4, -0.2) is 25.3 Å². The number of hydrogen-bond acceptors (Lipinski definition) is 5. The minimum atomic E-state index is -0.303. The second-order valence-corrected chi connectivity index (χ2v) is 6.00. The fourth-order valence-corrected chi connectivity index (χ4v) is 2.93. The van der Waals surface area contributed by atoms with E-state index in [0.717, 1.165) is 17.9 Å². The highest BCUT2D eigenvalue weighted by atomic mass is 16.7. The number of anilines is 1. The van der Waals surface area contributed by atoms with Gasteiger partial charge in [0.05, 0.1) is 5.69 Å². The van der Waals surface area contributed by atoms with Crippen molar-refractivity contribution >= 4 is 11.6 Å². The molecule has 0 bridgehead atoms. The molecule has 6 nitrogen and oxygen atoms in total. The van der Waals surface area contributed by atoms with Crippen LogP contribution in [0.2, 0.25) is 0 Å². The molecule has 0 fully saturated rings. The normalized spacial score (nSPS) is 15.6. The maximum Gasteiger partial charge on any atom is 0.240 e. The zero-order chi connectivity index (χ0) is 17.6. The molecule has 6 heteroatoms. The summed E-state index contributed by atoms with van der Waals surface area (Å²) in [5, 5.41) is 0. The topological polar surface area (TPSA) is 76.8 Å². The smallest absolute Gasteiger partial charge is 0.240 e. The first-order valence-electron chi connectivity index (χ1n) is 8.36. The number of nitrogens with two attached hydrogens (primary N) is 1. The highest BCUT2D eigenvalue weighted by Crippen LogP contribution is 2.37. The maximum absolute atomic E-state index is 11.0. The van der Waals surface area contributed by atoms with E-state index in [1.807, 2.05) is 30.3 Å². The summed E-state index contributed by atoms with van der Waals surface area (Å²) in [6.07, 6.45) is 0.554. The number of carbonyl (C=O) groups excluding carboxylic acids is 1. The number of nitrogens with one attached hydrogen (secondary N) is 1. The Morgan fingerprint density at radius 1 is 1.24 bits per heavy atom. The van der Waals surface area contributed by atoms with Gasteiger partial charge in [-0.15, -0.1) is 0 Å². The molecule has 25 heavy (non-hydrogen) atoms. The zero-order valence-electron chi connectivity index (χ0n) is 14.3. The molecule has 1 atom stereocenters. The molecule has 1 aliphatic heterocycles. The van der Waals surface area contributed by atoms with Gasteiger partial charge in [-0.05, 0) is 36.2 Å². The molecule has 3 N–H and O–H groups in total. The van der Waals surface area contributed by atoms with E-state index in [-0.39, 0.29) is 18.7 Å². The average molecular weight is 341 g/mol. The Morgan fingerprint density at radius 3 is 2.84 bits per heavy atom. The molecule has 1 heterocycles. The standard InChI is InChI=1S/C19H23N3O3/c1-14(23)21-24-13-19-22(17-7-2-3-8-18(17)25-19)12-16-6-4-5-15(11-16)9-10-20/h2-8,11,19H,9-10,12-13,20H2,1H3,(H,21,23). The first-order chi connectivity index (χ1) is 12.2. The van der Waals surface area contributed by atoms with Gasteiger partial charge in [0.25, 0.3) is 0 Å². The third-order valence-corrected chi connectivity index (χ3v) is 4.00. The van der Waals surface area contributed by atoms with Crippen molar-refractivity contribution in [2.45, 2.75) is 26.1 Å². The fourth-order valence-electron chi connectivity index (χ4n) is 2.93. The van der Waals surface area contributed by atoms with Crippen molar-refractivity contribution in [2.24, 2.45) is 5.73 Å². The van der Waals surface area contributed by atoms with Gasteiger partial charge in [-0.25, -0.2) is 5.48 Å². The van der Waals surface area contributed by atoms with Crippen LogP contribution in [0.25, 0.3) is 0 Å². The minimum absolute atomic E-state index is 0.233. The minimum Gasteiger partial charge on any atom is -0.466 e. The molecule has 2 aromatic carbocycles. The van der Waals surface area contributed by atoms with Crippen LogP contribution in [0.15, 0.2) is 48.5 Å². The second kappa shape index (κ2) is 8.00. The largest absolute Gasteiger partial charge is 0.466 e. The summed E-state index contributed by atoms with van der Waals surface area (Å²) >= 11 is 0. The van der Waals surface area contributed by atoms with Crippen molar-refractivity contribution in [3.05, 3.63) is 59.7 Å². The van der Waals surface area contributed by atoms with Gasteiger partial charge in [-0.3, -0.25) is 9.63 Å². The number of amides is 1.